The predicted molar refractivity (Wildman–Crippen MR) is 108 cm³/mol. The van der Waals surface area contributed by atoms with Crippen molar-refractivity contribution in [3.63, 3.8) is 0 Å². The van der Waals surface area contributed by atoms with Crippen molar-refractivity contribution >= 4 is 51.9 Å². The first-order valence-corrected chi connectivity index (χ1v) is 9.14. The van der Waals surface area contributed by atoms with Crippen molar-refractivity contribution in [3.8, 4) is 0 Å². The van der Waals surface area contributed by atoms with Crippen LogP contribution in [0.3, 0.4) is 0 Å². The van der Waals surface area contributed by atoms with Gasteiger partial charge in [-0.1, -0.05) is 11.6 Å². The van der Waals surface area contributed by atoms with Crippen molar-refractivity contribution in [1.29, 1.82) is 0 Å². The smallest absolute Gasteiger partial charge is 0.396 e. The highest BCUT2D eigenvalue weighted by Gasteiger charge is 2.23. The van der Waals surface area contributed by atoms with Crippen molar-refractivity contribution in [2.45, 2.75) is 12.8 Å². The number of amides is 1. The highest BCUT2D eigenvalue weighted by Crippen LogP contribution is 2.31. The number of aliphatic carboxylic acids is 1. The topological polar surface area (TPSA) is 123 Å². The van der Waals surface area contributed by atoms with Gasteiger partial charge in [0.1, 0.15) is 5.58 Å². The monoisotopic (exact) mass is 429 g/mol. The Morgan fingerprint density at radius 3 is 2.43 bits per heavy atom. The number of esters is 1. The Morgan fingerprint density at radius 2 is 1.80 bits per heavy atom. The largest absolute Gasteiger partial charge is 0.481 e. The van der Waals surface area contributed by atoms with Crippen LogP contribution in [0.5, 0.6) is 0 Å². The van der Waals surface area contributed by atoms with Crippen molar-refractivity contribution < 1.29 is 33.4 Å². The normalized spacial score (nSPS) is 10.6. The van der Waals surface area contributed by atoms with Gasteiger partial charge in [0.2, 0.25) is 5.78 Å². The van der Waals surface area contributed by atoms with E-state index >= 15 is 0 Å². The Labute approximate surface area is 175 Å². The summed E-state index contributed by atoms with van der Waals surface area (Å²) in [6.07, 6.45) is -0.124. The second kappa shape index (κ2) is 8.79. The number of carbonyl (C=O) groups excluding carboxylic acids is 3. The van der Waals surface area contributed by atoms with E-state index in [-0.39, 0.29) is 29.9 Å². The number of methoxy groups -OCH3 is 1. The lowest BCUT2D eigenvalue weighted by Gasteiger charge is -2.03. The van der Waals surface area contributed by atoms with Crippen LogP contribution in [0.4, 0.5) is 5.69 Å². The number of ketones is 1. The molecule has 0 bridgehead atoms. The maximum atomic E-state index is 13.0. The number of hydrogen-bond acceptors (Lipinski definition) is 6. The zero-order valence-electron chi connectivity index (χ0n) is 15.7. The molecular weight excluding hydrogens is 414 g/mol. The first-order valence-electron chi connectivity index (χ1n) is 8.77. The molecule has 30 heavy (non-hydrogen) atoms. The van der Waals surface area contributed by atoms with Gasteiger partial charge in [-0.2, -0.15) is 0 Å². The number of furan rings is 1. The van der Waals surface area contributed by atoms with Gasteiger partial charge in [0.15, 0.2) is 5.76 Å². The maximum Gasteiger partial charge on any atom is 0.396 e. The minimum atomic E-state index is -1.06. The fourth-order valence-electron chi connectivity index (χ4n) is 2.90. The lowest BCUT2D eigenvalue weighted by molar-refractivity contribution is -0.150. The summed E-state index contributed by atoms with van der Waals surface area (Å²) in [4.78, 5) is 47.0. The highest BCUT2D eigenvalue weighted by molar-refractivity contribution is 6.37. The van der Waals surface area contributed by atoms with E-state index in [9.17, 15) is 19.2 Å². The molecule has 8 nitrogen and oxygen atoms in total. The molecule has 0 unspecified atom stereocenters. The standard InChI is InChI=1S/C21H16ClNO7/c1-29-21(28)20(27)23-13-6-7-14-15(8-9-17(24)25)19(30-16(14)10-13)18(26)11-2-4-12(22)5-3-11/h2-7,10H,8-9H2,1H3,(H,23,27)(H,24,25). The third-order valence-corrected chi connectivity index (χ3v) is 4.57. The summed E-state index contributed by atoms with van der Waals surface area (Å²) >= 11 is 5.87. The SMILES string of the molecule is COC(=O)C(=O)Nc1ccc2c(CCC(=O)O)c(C(=O)c3ccc(Cl)cc3)oc2c1. The van der Waals surface area contributed by atoms with E-state index in [2.05, 4.69) is 10.1 Å². The molecule has 0 saturated heterocycles. The quantitative estimate of drug-likeness (QED) is 0.349. The van der Waals surface area contributed by atoms with Crippen LogP contribution in [0.15, 0.2) is 46.9 Å². The average Bonchev–Trinajstić information content (AvgIpc) is 3.09. The molecule has 0 fully saturated rings. The Kier molecular flexibility index (Phi) is 6.17. The zero-order valence-corrected chi connectivity index (χ0v) is 16.5. The van der Waals surface area contributed by atoms with Crippen LogP contribution in [0, 0.1) is 0 Å². The number of rotatable bonds is 6. The van der Waals surface area contributed by atoms with E-state index in [1.165, 1.54) is 12.1 Å². The van der Waals surface area contributed by atoms with Crippen LogP contribution in [-0.4, -0.2) is 35.8 Å². The minimum absolute atomic E-state index is 0.00465. The summed E-state index contributed by atoms with van der Waals surface area (Å²) in [5, 5.41) is 12.4. The molecule has 0 aliphatic carbocycles. The van der Waals surface area contributed by atoms with Crippen molar-refractivity contribution in [2.75, 3.05) is 12.4 Å². The summed E-state index contributed by atoms with van der Waals surface area (Å²) in [6.45, 7) is 0. The summed E-state index contributed by atoms with van der Waals surface area (Å²) in [6, 6.07) is 10.8. The fraction of sp³-hybridized carbons (Fsp3) is 0.143. The Balaban J connectivity index is 2.03. The van der Waals surface area contributed by atoms with Gasteiger partial charge in [-0.3, -0.25) is 14.4 Å². The Hall–Kier alpha value is -3.65. The molecule has 9 heteroatoms. The third kappa shape index (κ3) is 4.49. The number of carboxylic acids is 1. The first-order chi connectivity index (χ1) is 14.3. The predicted octanol–water partition coefficient (Wildman–Crippen LogP) is 3.45. The van der Waals surface area contributed by atoms with E-state index in [1.54, 1.807) is 30.3 Å². The number of carbonyl (C=O) groups is 4. The molecule has 3 aromatic rings. The third-order valence-electron chi connectivity index (χ3n) is 4.32. The van der Waals surface area contributed by atoms with Crippen molar-refractivity contribution in [1.82, 2.24) is 0 Å². The van der Waals surface area contributed by atoms with Gasteiger partial charge in [-0.25, -0.2) is 4.79 Å². The molecule has 1 amide bonds. The number of carboxylic acid groups (broad SMARTS) is 1. The average molecular weight is 430 g/mol. The van der Waals surface area contributed by atoms with Crippen LogP contribution in [0.1, 0.15) is 28.1 Å². The first kappa shape index (κ1) is 21.1. The van der Waals surface area contributed by atoms with Crippen molar-refractivity contribution in [3.05, 3.63) is 64.4 Å². The Bertz CT molecular complexity index is 1150. The van der Waals surface area contributed by atoms with Gasteiger partial charge in [-0.05, 0) is 42.8 Å². The molecule has 2 aromatic carbocycles. The number of nitrogens with one attached hydrogen (secondary N) is 1. The number of aryl methyl sites for hydroxylation is 1. The fourth-order valence-corrected chi connectivity index (χ4v) is 3.02. The number of benzene rings is 2. The molecule has 3 rings (SSSR count). The van der Waals surface area contributed by atoms with Gasteiger partial charge in [0.05, 0.1) is 7.11 Å². The van der Waals surface area contributed by atoms with Crippen molar-refractivity contribution in [2.24, 2.45) is 0 Å². The molecular formula is C21H16ClNO7. The van der Waals surface area contributed by atoms with Gasteiger partial charge in [0.25, 0.3) is 0 Å². The van der Waals surface area contributed by atoms with Gasteiger partial charge in [-0.15, -0.1) is 0 Å². The molecule has 1 aromatic heterocycles. The molecule has 0 saturated carbocycles. The molecule has 0 radical (unpaired) electrons. The minimum Gasteiger partial charge on any atom is -0.481 e. The number of ether oxygens (including phenoxy) is 1. The van der Waals surface area contributed by atoms with Crippen LogP contribution >= 0.6 is 11.6 Å². The Morgan fingerprint density at radius 1 is 1.10 bits per heavy atom. The van der Waals surface area contributed by atoms with E-state index in [4.69, 9.17) is 21.1 Å². The van der Waals surface area contributed by atoms with Crippen LogP contribution in [0.2, 0.25) is 5.02 Å². The molecule has 2 N–H and O–H groups in total. The lowest BCUT2D eigenvalue weighted by Crippen LogP contribution is -2.23. The summed E-state index contributed by atoms with van der Waals surface area (Å²) < 4.78 is 10.1. The zero-order chi connectivity index (χ0) is 21.8. The molecule has 0 atom stereocenters. The molecule has 0 aliphatic rings. The lowest BCUT2D eigenvalue weighted by atomic mass is 10.0. The number of fused-ring (bicyclic) bond motifs is 1. The van der Waals surface area contributed by atoms with E-state index < -0.39 is 23.6 Å². The number of anilines is 1. The van der Waals surface area contributed by atoms with Gasteiger partial charge < -0.3 is 19.6 Å². The van der Waals surface area contributed by atoms with Crippen LogP contribution in [-0.2, 0) is 25.5 Å². The van der Waals surface area contributed by atoms with Crippen LogP contribution < -0.4 is 5.32 Å². The summed E-state index contributed by atoms with van der Waals surface area (Å²) in [5.41, 5.74) is 1.28. The second-order valence-electron chi connectivity index (χ2n) is 6.30. The molecule has 154 valence electrons. The van der Waals surface area contributed by atoms with Gasteiger partial charge in [0, 0.05) is 39.7 Å². The second-order valence-corrected chi connectivity index (χ2v) is 6.73. The van der Waals surface area contributed by atoms with E-state index in [0.29, 0.717) is 21.5 Å². The summed E-state index contributed by atoms with van der Waals surface area (Å²) in [5.74, 6) is -3.47. The molecule has 1 heterocycles. The number of halogens is 1. The molecule has 0 spiro atoms. The molecule has 0 aliphatic heterocycles. The highest BCUT2D eigenvalue weighted by atomic mass is 35.5. The number of hydrogen-bond donors (Lipinski definition) is 2. The van der Waals surface area contributed by atoms with E-state index in [0.717, 1.165) is 7.11 Å². The van der Waals surface area contributed by atoms with Crippen LogP contribution in [0.25, 0.3) is 11.0 Å². The maximum absolute atomic E-state index is 13.0. The van der Waals surface area contributed by atoms with Gasteiger partial charge >= 0.3 is 17.8 Å². The van der Waals surface area contributed by atoms with E-state index in [1.807, 2.05) is 0 Å². The summed E-state index contributed by atoms with van der Waals surface area (Å²) in [7, 11) is 1.08.